The van der Waals surface area contributed by atoms with Crippen molar-refractivity contribution in [1.82, 2.24) is 10.6 Å². The number of carbonyl (C=O) groups excluding carboxylic acids is 2. The van der Waals surface area contributed by atoms with Gasteiger partial charge in [0, 0.05) is 11.4 Å². The normalized spacial score (nSPS) is 11.6. The molecule has 0 aliphatic carbocycles. The minimum atomic E-state index is -0.388. The number of carbonyl (C=O) groups is 2. The van der Waals surface area contributed by atoms with Crippen LogP contribution in [0.4, 0.5) is 4.79 Å². The molecule has 0 spiro atoms. The summed E-state index contributed by atoms with van der Waals surface area (Å²) in [6, 6.07) is 11.0. The lowest BCUT2D eigenvalue weighted by molar-refractivity contribution is -0.141. The van der Waals surface area contributed by atoms with Crippen LogP contribution in [0.2, 0.25) is 0 Å². The van der Waals surface area contributed by atoms with Crippen molar-refractivity contribution in [3.05, 3.63) is 57.8 Å². The zero-order valence-electron chi connectivity index (χ0n) is 13.2. The topological polar surface area (TPSA) is 67.4 Å². The monoisotopic (exact) mass is 332 g/mol. The molecule has 1 heterocycles. The van der Waals surface area contributed by atoms with Gasteiger partial charge in [-0.05, 0) is 23.9 Å². The van der Waals surface area contributed by atoms with Gasteiger partial charge in [-0.25, -0.2) is 4.79 Å². The van der Waals surface area contributed by atoms with E-state index in [1.54, 1.807) is 0 Å². The molecule has 5 nitrogen and oxygen atoms in total. The third kappa shape index (κ3) is 5.41. The van der Waals surface area contributed by atoms with Crippen LogP contribution in [0.1, 0.15) is 28.5 Å². The second-order valence-corrected chi connectivity index (χ2v) is 6.14. The molecule has 0 aliphatic heterocycles. The first-order valence-corrected chi connectivity index (χ1v) is 8.16. The quantitative estimate of drug-likeness (QED) is 0.799. The zero-order valence-corrected chi connectivity index (χ0v) is 14.0. The number of ether oxygens (including phenoxy) is 1. The van der Waals surface area contributed by atoms with E-state index in [2.05, 4.69) is 10.6 Å². The van der Waals surface area contributed by atoms with E-state index in [0.717, 1.165) is 10.4 Å². The average molecular weight is 332 g/mol. The average Bonchev–Trinajstić information content (AvgIpc) is 3.08. The van der Waals surface area contributed by atoms with Crippen LogP contribution < -0.4 is 10.6 Å². The highest BCUT2D eigenvalue weighted by Crippen LogP contribution is 2.22. The maximum absolute atomic E-state index is 12.1. The zero-order chi connectivity index (χ0) is 16.7. The maximum atomic E-state index is 12.1. The van der Waals surface area contributed by atoms with E-state index in [1.165, 1.54) is 24.0 Å². The Kier molecular flexibility index (Phi) is 6.17. The molecule has 0 fully saturated rings. The Labute approximate surface area is 139 Å². The fourth-order valence-electron chi connectivity index (χ4n) is 2.06. The summed E-state index contributed by atoms with van der Waals surface area (Å²) in [7, 11) is 1.34. The molecule has 0 bridgehead atoms. The van der Waals surface area contributed by atoms with Gasteiger partial charge in [-0.3, -0.25) is 4.79 Å². The second kappa shape index (κ2) is 8.33. The Morgan fingerprint density at radius 3 is 2.57 bits per heavy atom. The number of benzene rings is 1. The molecular weight excluding hydrogens is 312 g/mol. The lowest BCUT2D eigenvalue weighted by atomic mass is 10.1. The molecule has 122 valence electrons. The number of thiophene rings is 1. The lowest BCUT2D eigenvalue weighted by Crippen LogP contribution is -2.38. The van der Waals surface area contributed by atoms with Crippen molar-refractivity contribution in [1.29, 1.82) is 0 Å². The SMILES string of the molecule is COC(=O)CC(NC(=O)NCc1ccc(C)cc1)c1cccs1. The summed E-state index contributed by atoms with van der Waals surface area (Å²) in [6.07, 6.45) is 0.106. The second-order valence-electron chi connectivity index (χ2n) is 5.16. The van der Waals surface area contributed by atoms with E-state index in [0.29, 0.717) is 6.54 Å². The van der Waals surface area contributed by atoms with Gasteiger partial charge in [0.25, 0.3) is 0 Å². The predicted octanol–water partition coefficient (Wildman–Crippen LogP) is 3.16. The number of urea groups is 1. The highest BCUT2D eigenvalue weighted by Gasteiger charge is 2.19. The van der Waals surface area contributed by atoms with Gasteiger partial charge in [0.2, 0.25) is 0 Å². The first-order valence-electron chi connectivity index (χ1n) is 7.28. The maximum Gasteiger partial charge on any atom is 0.315 e. The standard InChI is InChI=1S/C17H20N2O3S/c1-12-5-7-13(8-6-12)11-18-17(21)19-14(10-16(20)22-2)15-4-3-9-23-15/h3-9,14H,10-11H2,1-2H3,(H2,18,19,21). The van der Waals surface area contributed by atoms with E-state index < -0.39 is 0 Å². The molecule has 6 heteroatoms. The molecule has 0 radical (unpaired) electrons. The molecule has 23 heavy (non-hydrogen) atoms. The van der Waals surface area contributed by atoms with Crippen LogP contribution in [0.5, 0.6) is 0 Å². The highest BCUT2D eigenvalue weighted by molar-refractivity contribution is 7.10. The molecular formula is C17H20N2O3S. The van der Waals surface area contributed by atoms with Crippen molar-refractivity contribution >= 4 is 23.3 Å². The summed E-state index contributed by atoms with van der Waals surface area (Å²) in [5, 5.41) is 7.54. The molecule has 2 N–H and O–H groups in total. The van der Waals surface area contributed by atoms with E-state index >= 15 is 0 Å². The Morgan fingerprint density at radius 2 is 1.96 bits per heavy atom. The van der Waals surface area contributed by atoms with Crippen molar-refractivity contribution < 1.29 is 14.3 Å². The van der Waals surface area contributed by atoms with Crippen LogP contribution in [0.3, 0.4) is 0 Å². The van der Waals surface area contributed by atoms with Crippen LogP contribution in [0.25, 0.3) is 0 Å². The van der Waals surface area contributed by atoms with Crippen LogP contribution in [0, 0.1) is 6.92 Å². The summed E-state index contributed by atoms with van der Waals surface area (Å²) in [5.74, 6) is -0.359. The molecule has 1 unspecified atom stereocenters. The van der Waals surface area contributed by atoms with Crippen molar-refractivity contribution in [2.75, 3.05) is 7.11 Å². The number of hydrogen-bond donors (Lipinski definition) is 2. The summed E-state index contributed by atoms with van der Waals surface area (Å²) in [4.78, 5) is 24.5. The summed E-state index contributed by atoms with van der Waals surface area (Å²) in [5.41, 5.74) is 2.19. The predicted molar refractivity (Wildman–Crippen MR) is 90.2 cm³/mol. The van der Waals surface area contributed by atoms with Gasteiger partial charge in [0.15, 0.2) is 0 Å². The fraction of sp³-hybridized carbons (Fsp3) is 0.294. The number of methoxy groups -OCH3 is 1. The van der Waals surface area contributed by atoms with Gasteiger partial charge >= 0.3 is 12.0 Å². The first kappa shape index (κ1) is 17.0. The Balaban J connectivity index is 1.91. The van der Waals surface area contributed by atoms with E-state index in [4.69, 9.17) is 4.74 Å². The van der Waals surface area contributed by atoms with E-state index in [9.17, 15) is 9.59 Å². The molecule has 2 aromatic rings. The van der Waals surface area contributed by atoms with Gasteiger partial charge in [-0.15, -0.1) is 11.3 Å². The number of aryl methyl sites for hydroxylation is 1. The van der Waals surface area contributed by atoms with E-state index in [-0.39, 0.29) is 24.5 Å². The van der Waals surface area contributed by atoms with Gasteiger partial charge in [0.05, 0.1) is 19.6 Å². The van der Waals surface area contributed by atoms with Gasteiger partial charge in [0.1, 0.15) is 0 Å². The Morgan fingerprint density at radius 1 is 1.22 bits per heavy atom. The molecule has 1 atom stereocenters. The summed E-state index contributed by atoms with van der Waals surface area (Å²) in [6.45, 7) is 2.45. The largest absolute Gasteiger partial charge is 0.469 e. The Hall–Kier alpha value is -2.34. The first-order chi connectivity index (χ1) is 11.1. The highest BCUT2D eigenvalue weighted by atomic mass is 32.1. The smallest absolute Gasteiger partial charge is 0.315 e. The van der Waals surface area contributed by atoms with Crippen molar-refractivity contribution in [2.24, 2.45) is 0 Å². The van der Waals surface area contributed by atoms with Crippen LogP contribution >= 0.6 is 11.3 Å². The molecule has 2 amide bonds. The number of rotatable bonds is 6. The minimum absolute atomic E-state index is 0.106. The molecule has 0 saturated heterocycles. The molecule has 1 aromatic carbocycles. The van der Waals surface area contributed by atoms with E-state index in [1.807, 2.05) is 48.7 Å². The minimum Gasteiger partial charge on any atom is -0.469 e. The van der Waals surface area contributed by atoms with Crippen molar-refractivity contribution in [2.45, 2.75) is 25.9 Å². The number of hydrogen-bond acceptors (Lipinski definition) is 4. The fourth-order valence-corrected chi connectivity index (χ4v) is 2.84. The van der Waals surface area contributed by atoms with Crippen molar-refractivity contribution in [3.8, 4) is 0 Å². The molecule has 1 aromatic heterocycles. The van der Waals surface area contributed by atoms with Crippen molar-refractivity contribution in [3.63, 3.8) is 0 Å². The molecule has 2 rings (SSSR count). The van der Waals surface area contributed by atoms with Crippen LogP contribution in [-0.4, -0.2) is 19.1 Å². The van der Waals surface area contributed by atoms with Crippen LogP contribution in [-0.2, 0) is 16.1 Å². The summed E-state index contributed by atoms with van der Waals surface area (Å²) >= 11 is 1.49. The third-order valence-electron chi connectivity index (χ3n) is 3.36. The molecule has 0 saturated carbocycles. The number of nitrogens with one attached hydrogen (secondary N) is 2. The van der Waals surface area contributed by atoms with Crippen LogP contribution in [0.15, 0.2) is 41.8 Å². The molecule has 0 aliphatic rings. The Bertz CT molecular complexity index is 638. The number of amides is 2. The van der Waals surface area contributed by atoms with Gasteiger partial charge in [-0.1, -0.05) is 35.9 Å². The van der Waals surface area contributed by atoms with Gasteiger partial charge in [-0.2, -0.15) is 0 Å². The summed E-state index contributed by atoms with van der Waals surface area (Å²) < 4.78 is 4.69. The van der Waals surface area contributed by atoms with Gasteiger partial charge < -0.3 is 15.4 Å². The third-order valence-corrected chi connectivity index (χ3v) is 4.35. The number of esters is 1. The lowest BCUT2D eigenvalue weighted by Gasteiger charge is -2.17.